The summed E-state index contributed by atoms with van der Waals surface area (Å²) in [4.78, 5) is 41.6. The number of piperidine rings is 1. The molecule has 8 nitrogen and oxygen atoms in total. The van der Waals surface area contributed by atoms with E-state index in [1.165, 1.54) is 0 Å². The predicted molar refractivity (Wildman–Crippen MR) is 98.8 cm³/mol. The van der Waals surface area contributed by atoms with Crippen molar-refractivity contribution in [3.63, 3.8) is 0 Å². The molecule has 3 rings (SSSR count). The van der Waals surface area contributed by atoms with Crippen molar-refractivity contribution in [3.05, 3.63) is 18.2 Å². The lowest BCUT2D eigenvalue weighted by molar-refractivity contribution is -0.140. The van der Waals surface area contributed by atoms with Gasteiger partial charge >= 0.3 is 17.8 Å². The van der Waals surface area contributed by atoms with Gasteiger partial charge in [0.05, 0.1) is 25.6 Å². The molecule has 0 spiro atoms. The van der Waals surface area contributed by atoms with Crippen molar-refractivity contribution in [3.8, 4) is 11.5 Å². The van der Waals surface area contributed by atoms with Gasteiger partial charge < -0.3 is 9.47 Å². The van der Waals surface area contributed by atoms with Crippen LogP contribution in [0.15, 0.2) is 18.2 Å². The lowest BCUT2D eigenvalue weighted by Crippen LogP contribution is -2.44. The minimum absolute atomic E-state index is 0.148. The first kappa shape index (κ1) is 19.2. The quantitative estimate of drug-likeness (QED) is 0.537. The summed E-state index contributed by atoms with van der Waals surface area (Å²) < 4.78 is 11.1. The monoisotopic (exact) mass is 375 g/mol. The van der Waals surface area contributed by atoms with Gasteiger partial charge in [0.2, 0.25) is 0 Å². The van der Waals surface area contributed by atoms with Gasteiger partial charge in [-0.2, -0.15) is 0 Å². The SMILES string of the molecule is CCOc1ccc(N2C(=O)C(=O)N(CN3CCCCC3)C2=O)cc1OCC. The van der Waals surface area contributed by atoms with E-state index in [-0.39, 0.29) is 6.67 Å². The smallest absolute Gasteiger partial charge is 0.340 e. The van der Waals surface area contributed by atoms with Gasteiger partial charge in [-0.3, -0.25) is 14.5 Å². The van der Waals surface area contributed by atoms with Crippen LogP contribution in [0.5, 0.6) is 11.5 Å². The number of urea groups is 1. The Bertz CT molecular complexity index is 730. The van der Waals surface area contributed by atoms with Gasteiger partial charge in [-0.05, 0) is 51.9 Å². The van der Waals surface area contributed by atoms with Crippen LogP contribution in [0, 0.1) is 0 Å². The largest absolute Gasteiger partial charge is 0.490 e. The fourth-order valence-electron chi connectivity index (χ4n) is 3.34. The van der Waals surface area contributed by atoms with Crippen LogP contribution in [0.25, 0.3) is 0 Å². The molecule has 8 heteroatoms. The zero-order valence-electron chi connectivity index (χ0n) is 15.8. The van der Waals surface area contributed by atoms with Crippen LogP contribution in [-0.4, -0.2) is 60.6 Å². The molecule has 146 valence electrons. The van der Waals surface area contributed by atoms with Gasteiger partial charge in [-0.1, -0.05) is 6.42 Å². The molecule has 0 aromatic heterocycles. The highest BCUT2D eigenvalue weighted by Gasteiger charge is 2.46. The maximum absolute atomic E-state index is 12.8. The molecule has 2 aliphatic heterocycles. The highest BCUT2D eigenvalue weighted by Crippen LogP contribution is 2.34. The molecular formula is C19H25N3O5. The molecule has 0 radical (unpaired) electrons. The normalized spacial score (nSPS) is 18.4. The predicted octanol–water partition coefficient (Wildman–Crippen LogP) is 2.22. The van der Waals surface area contributed by atoms with E-state index in [2.05, 4.69) is 0 Å². The number of nitrogens with zero attached hydrogens (tertiary/aromatic N) is 3. The van der Waals surface area contributed by atoms with E-state index in [4.69, 9.17) is 9.47 Å². The Morgan fingerprint density at radius 1 is 0.889 bits per heavy atom. The molecule has 1 aromatic rings. The molecule has 1 aromatic carbocycles. The molecule has 2 fully saturated rings. The van der Waals surface area contributed by atoms with E-state index in [0.29, 0.717) is 30.4 Å². The Morgan fingerprint density at radius 3 is 2.22 bits per heavy atom. The van der Waals surface area contributed by atoms with Crippen molar-refractivity contribution < 1.29 is 23.9 Å². The molecule has 0 N–H and O–H groups in total. The van der Waals surface area contributed by atoms with Crippen molar-refractivity contribution in [2.75, 3.05) is 37.9 Å². The van der Waals surface area contributed by atoms with Gasteiger partial charge in [-0.15, -0.1) is 0 Å². The summed E-state index contributed by atoms with van der Waals surface area (Å²) in [6, 6.07) is 4.16. The average molecular weight is 375 g/mol. The van der Waals surface area contributed by atoms with Crippen LogP contribution in [0.3, 0.4) is 0 Å². The molecule has 0 bridgehead atoms. The van der Waals surface area contributed by atoms with Crippen molar-refractivity contribution in [1.29, 1.82) is 0 Å². The number of hydrogen-bond acceptors (Lipinski definition) is 6. The first-order valence-electron chi connectivity index (χ1n) is 9.38. The Hall–Kier alpha value is -2.61. The van der Waals surface area contributed by atoms with Crippen molar-refractivity contribution in [2.45, 2.75) is 33.1 Å². The van der Waals surface area contributed by atoms with Crippen LogP contribution in [0.4, 0.5) is 10.5 Å². The molecular weight excluding hydrogens is 350 g/mol. The molecule has 2 aliphatic rings. The average Bonchev–Trinajstić information content (AvgIpc) is 2.88. The van der Waals surface area contributed by atoms with E-state index in [1.807, 2.05) is 18.7 Å². The van der Waals surface area contributed by atoms with Gasteiger partial charge in [0.1, 0.15) is 0 Å². The highest BCUT2D eigenvalue weighted by atomic mass is 16.5. The molecule has 2 heterocycles. The fraction of sp³-hybridized carbons (Fsp3) is 0.526. The molecule has 2 saturated heterocycles. The van der Waals surface area contributed by atoms with E-state index in [0.717, 1.165) is 42.2 Å². The van der Waals surface area contributed by atoms with E-state index in [9.17, 15) is 14.4 Å². The minimum atomic E-state index is -0.844. The van der Waals surface area contributed by atoms with Crippen molar-refractivity contribution in [2.24, 2.45) is 0 Å². The number of ether oxygens (including phenoxy) is 2. The van der Waals surface area contributed by atoms with Crippen LogP contribution >= 0.6 is 0 Å². The summed E-state index contributed by atoms with van der Waals surface area (Å²) in [6.07, 6.45) is 3.21. The van der Waals surface area contributed by atoms with Crippen LogP contribution in [-0.2, 0) is 9.59 Å². The number of carbonyl (C=O) groups excluding carboxylic acids is 3. The highest BCUT2D eigenvalue weighted by molar-refractivity contribution is 6.52. The number of amides is 4. The van der Waals surface area contributed by atoms with Crippen LogP contribution < -0.4 is 14.4 Å². The van der Waals surface area contributed by atoms with E-state index < -0.39 is 17.8 Å². The number of carbonyl (C=O) groups is 3. The lowest BCUT2D eigenvalue weighted by Gasteiger charge is -2.29. The van der Waals surface area contributed by atoms with Gasteiger partial charge in [0, 0.05) is 6.07 Å². The summed E-state index contributed by atoms with van der Waals surface area (Å²) in [5.74, 6) is -0.681. The molecule has 4 amide bonds. The Morgan fingerprint density at radius 2 is 1.56 bits per heavy atom. The Kier molecular flexibility index (Phi) is 5.95. The number of anilines is 1. The van der Waals surface area contributed by atoms with Crippen LogP contribution in [0.1, 0.15) is 33.1 Å². The second-order valence-corrected chi connectivity index (χ2v) is 6.47. The fourth-order valence-corrected chi connectivity index (χ4v) is 3.34. The number of rotatable bonds is 7. The van der Waals surface area contributed by atoms with E-state index >= 15 is 0 Å². The number of benzene rings is 1. The summed E-state index contributed by atoms with van der Waals surface area (Å²) in [6.45, 7) is 6.35. The van der Waals surface area contributed by atoms with Gasteiger partial charge in [0.25, 0.3) is 0 Å². The molecule has 0 aliphatic carbocycles. The maximum atomic E-state index is 12.8. The summed E-state index contributed by atoms with van der Waals surface area (Å²) >= 11 is 0. The molecule has 0 unspecified atom stereocenters. The molecule has 0 atom stereocenters. The van der Waals surface area contributed by atoms with Crippen molar-refractivity contribution >= 4 is 23.5 Å². The number of imide groups is 2. The molecule has 0 saturated carbocycles. The zero-order chi connectivity index (χ0) is 19.4. The first-order valence-corrected chi connectivity index (χ1v) is 9.38. The summed E-state index contributed by atoms with van der Waals surface area (Å²) in [7, 11) is 0. The van der Waals surface area contributed by atoms with Crippen LogP contribution in [0.2, 0.25) is 0 Å². The van der Waals surface area contributed by atoms with Gasteiger partial charge in [0.15, 0.2) is 11.5 Å². The van der Waals surface area contributed by atoms with Crippen molar-refractivity contribution in [1.82, 2.24) is 9.80 Å². The molecule has 27 heavy (non-hydrogen) atoms. The lowest BCUT2D eigenvalue weighted by atomic mass is 10.1. The second kappa shape index (κ2) is 8.39. The zero-order valence-corrected chi connectivity index (χ0v) is 15.8. The third-order valence-electron chi connectivity index (χ3n) is 4.63. The number of hydrogen-bond donors (Lipinski definition) is 0. The first-order chi connectivity index (χ1) is 13.1. The third-order valence-corrected chi connectivity index (χ3v) is 4.63. The third kappa shape index (κ3) is 3.90. The minimum Gasteiger partial charge on any atom is -0.490 e. The standard InChI is InChI=1S/C19H25N3O5/c1-3-26-15-9-8-14(12-16(15)27-4-2)22-18(24)17(23)21(19(22)25)13-20-10-6-5-7-11-20/h8-9,12H,3-7,10-11,13H2,1-2H3. The summed E-state index contributed by atoms with van der Waals surface area (Å²) in [5.41, 5.74) is 0.298. The number of likely N-dealkylation sites (tertiary alicyclic amines) is 1. The maximum Gasteiger partial charge on any atom is 0.340 e. The Labute approximate surface area is 158 Å². The summed E-state index contributed by atoms with van der Waals surface area (Å²) in [5, 5.41) is 0. The topological polar surface area (TPSA) is 79.4 Å². The van der Waals surface area contributed by atoms with Gasteiger partial charge in [-0.25, -0.2) is 14.6 Å². The second-order valence-electron chi connectivity index (χ2n) is 6.47. The van der Waals surface area contributed by atoms with E-state index in [1.54, 1.807) is 18.2 Å². The Balaban J connectivity index is 1.83.